The van der Waals surface area contributed by atoms with E-state index in [9.17, 15) is 0 Å². The van der Waals surface area contributed by atoms with Gasteiger partial charge in [0.2, 0.25) is 11.7 Å². The summed E-state index contributed by atoms with van der Waals surface area (Å²) in [6, 6.07) is 3.58. The third-order valence-electron chi connectivity index (χ3n) is 2.65. The summed E-state index contributed by atoms with van der Waals surface area (Å²) in [5, 5.41) is 10.1. The van der Waals surface area contributed by atoms with Crippen molar-refractivity contribution < 1.29 is 4.52 Å². The second kappa shape index (κ2) is 4.64. The molecule has 0 aliphatic carbocycles. The highest BCUT2D eigenvalue weighted by Gasteiger charge is 2.19. The van der Waals surface area contributed by atoms with Crippen molar-refractivity contribution in [2.45, 2.75) is 13.0 Å². The normalized spacial score (nSPS) is 12.8. The zero-order valence-corrected chi connectivity index (χ0v) is 11.3. The first-order chi connectivity index (χ1) is 8.75. The molecule has 18 heavy (non-hydrogen) atoms. The quantitative estimate of drug-likeness (QED) is 0.798. The summed E-state index contributed by atoms with van der Waals surface area (Å²) in [5.41, 5.74) is 8.24. The second-order valence-electron chi connectivity index (χ2n) is 3.92. The Morgan fingerprint density at radius 1 is 1.39 bits per heavy atom. The predicted octanol–water partition coefficient (Wildman–Crippen LogP) is 3.22. The summed E-state index contributed by atoms with van der Waals surface area (Å²) in [6.07, 6.45) is 0. The molecular formula is C12H11N3OS2. The van der Waals surface area contributed by atoms with Crippen molar-refractivity contribution in [1.82, 2.24) is 10.1 Å². The average molecular weight is 277 g/mol. The second-order valence-corrected chi connectivity index (χ2v) is 5.64. The number of aryl methyl sites for hydroxylation is 1. The Bertz CT molecular complexity index is 642. The molecule has 0 aliphatic heterocycles. The minimum Gasteiger partial charge on any atom is -0.337 e. The Kier molecular flexibility index (Phi) is 2.99. The molecule has 0 fully saturated rings. The molecule has 0 saturated heterocycles. The molecule has 0 bridgehead atoms. The molecule has 3 aromatic rings. The lowest BCUT2D eigenvalue weighted by atomic mass is 10.2. The largest absolute Gasteiger partial charge is 0.337 e. The van der Waals surface area contributed by atoms with Crippen LogP contribution in [0.25, 0.3) is 11.4 Å². The predicted molar refractivity (Wildman–Crippen MR) is 72.7 cm³/mol. The van der Waals surface area contributed by atoms with Gasteiger partial charge in [-0.1, -0.05) is 11.2 Å². The summed E-state index contributed by atoms with van der Waals surface area (Å²) in [6.45, 7) is 2.03. The van der Waals surface area contributed by atoms with Crippen LogP contribution in [0, 0.1) is 6.92 Å². The molecule has 6 heteroatoms. The third-order valence-corrected chi connectivity index (χ3v) is 4.47. The van der Waals surface area contributed by atoms with Crippen LogP contribution < -0.4 is 5.73 Å². The van der Waals surface area contributed by atoms with Crippen molar-refractivity contribution in [3.63, 3.8) is 0 Å². The lowest BCUT2D eigenvalue weighted by Crippen LogP contribution is -2.10. The van der Waals surface area contributed by atoms with Gasteiger partial charge in [0, 0.05) is 15.8 Å². The van der Waals surface area contributed by atoms with Crippen LogP contribution in [0.3, 0.4) is 0 Å². The molecule has 2 N–H and O–H groups in total. The van der Waals surface area contributed by atoms with E-state index >= 15 is 0 Å². The molecule has 1 unspecified atom stereocenters. The lowest BCUT2D eigenvalue weighted by Gasteiger charge is -2.01. The number of hydrogen-bond acceptors (Lipinski definition) is 6. The molecule has 0 spiro atoms. The van der Waals surface area contributed by atoms with Crippen LogP contribution in [0.15, 0.2) is 32.8 Å². The molecule has 4 nitrogen and oxygen atoms in total. The highest BCUT2D eigenvalue weighted by molar-refractivity contribution is 7.10. The standard InChI is InChI=1S/C12H11N3OS2/c1-7-5-17-6-8(7)11-14-12(16-15-11)10(13)9-3-2-4-18-9/h2-6,10H,13H2,1H3. The summed E-state index contributed by atoms with van der Waals surface area (Å²) in [5.74, 6) is 1.06. The van der Waals surface area contributed by atoms with Gasteiger partial charge in [-0.05, 0) is 29.3 Å². The fourth-order valence-electron chi connectivity index (χ4n) is 1.65. The minimum atomic E-state index is -0.342. The summed E-state index contributed by atoms with van der Waals surface area (Å²) < 4.78 is 5.25. The molecule has 0 saturated carbocycles. The highest BCUT2D eigenvalue weighted by Crippen LogP contribution is 2.27. The molecular weight excluding hydrogens is 266 g/mol. The zero-order valence-electron chi connectivity index (χ0n) is 9.66. The topological polar surface area (TPSA) is 64.9 Å². The Labute approximate surface area is 112 Å². The van der Waals surface area contributed by atoms with Gasteiger partial charge in [0.15, 0.2) is 0 Å². The van der Waals surface area contributed by atoms with E-state index in [1.165, 1.54) is 0 Å². The summed E-state index contributed by atoms with van der Waals surface area (Å²) in [7, 11) is 0. The molecule has 0 aliphatic rings. The van der Waals surface area contributed by atoms with Crippen LogP contribution in [0.1, 0.15) is 22.4 Å². The van der Waals surface area contributed by atoms with Gasteiger partial charge in [0.25, 0.3) is 0 Å². The Morgan fingerprint density at radius 2 is 2.28 bits per heavy atom. The van der Waals surface area contributed by atoms with Crippen molar-refractivity contribution in [2.75, 3.05) is 0 Å². The van der Waals surface area contributed by atoms with Gasteiger partial charge in [-0.3, -0.25) is 0 Å². The lowest BCUT2D eigenvalue weighted by molar-refractivity contribution is 0.368. The first-order valence-electron chi connectivity index (χ1n) is 5.41. The van der Waals surface area contributed by atoms with Crippen molar-refractivity contribution in [3.05, 3.63) is 44.6 Å². The molecule has 1 atom stereocenters. The maximum Gasteiger partial charge on any atom is 0.249 e. The number of aromatic nitrogens is 2. The first-order valence-corrected chi connectivity index (χ1v) is 7.23. The van der Waals surface area contributed by atoms with Crippen LogP contribution in [-0.2, 0) is 0 Å². The fourth-order valence-corrected chi connectivity index (χ4v) is 3.20. The van der Waals surface area contributed by atoms with E-state index in [1.54, 1.807) is 22.7 Å². The molecule has 3 rings (SSSR count). The first kappa shape index (κ1) is 11.6. The van der Waals surface area contributed by atoms with Crippen LogP contribution in [0.5, 0.6) is 0 Å². The van der Waals surface area contributed by atoms with Crippen LogP contribution in [0.4, 0.5) is 0 Å². The maximum atomic E-state index is 6.08. The van der Waals surface area contributed by atoms with Crippen LogP contribution in [-0.4, -0.2) is 10.1 Å². The number of nitrogens with zero attached hydrogens (tertiary/aromatic N) is 2. The smallest absolute Gasteiger partial charge is 0.249 e. The maximum absolute atomic E-state index is 6.08. The van der Waals surface area contributed by atoms with Crippen LogP contribution >= 0.6 is 22.7 Å². The van der Waals surface area contributed by atoms with E-state index in [2.05, 4.69) is 15.5 Å². The highest BCUT2D eigenvalue weighted by atomic mass is 32.1. The number of thiophene rings is 2. The van der Waals surface area contributed by atoms with Gasteiger partial charge in [-0.25, -0.2) is 0 Å². The number of hydrogen-bond donors (Lipinski definition) is 1. The zero-order chi connectivity index (χ0) is 12.5. The monoisotopic (exact) mass is 277 g/mol. The molecule has 0 aromatic carbocycles. The molecule has 3 heterocycles. The third kappa shape index (κ3) is 1.98. The van der Waals surface area contributed by atoms with E-state index in [-0.39, 0.29) is 6.04 Å². The molecule has 92 valence electrons. The van der Waals surface area contributed by atoms with Crippen molar-refractivity contribution in [2.24, 2.45) is 5.73 Å². The molecule has 0 amide bonds. The van der Waals surface area contributed by atoms with E-state index in [0.29, 0.717) is 11.7 Å². The van der Waals surface area contributed by atoms with Gasteiger partial charge < -0.3 is 10.3 Å². The van der Waals surface area contributed by atoms with Gasteiger partial charge in [0.1, 0.15) is 6.04 Å². The average Bonchev–Trinajstić information content (AvgIpc) is 3.09. The Morgan fingerprint density at radius 3 is 2.94 bits per heavy atom. The fraction of sp³-hybridized carbons (Fsp3) is 0.167. The Hall–Kier alpha value is -1.50. The number of rotatable bonds is 3. The van der Waals surface area contributed by atoms with Gasteiger partial charge in [0.05, 0.1) is 0 Å². The Balaban J connectivity index is 1.93. The number of nitrogens with two attached hydrogens (primary N) is 1. The molecule has 3 aromatic heterocycles. The van der Waals surface area contributed by atoms with Gasteiger partial charge in [-0.15, -0.1) is 11.3 Å². The summed E-state index contributed by atoms with van der Waals surface area (Å²) >= 11 is 3.21. The minimum absolute atomic E-state index is 0.342. The van der Waals surface area contributed by atoms with Gasteiger partial charge >= 0.3 is 0 Å². The van der Waals surface area contributed by atoms with Gasteiger partial charge in [-0.2, -0.15) is 16.3 Å². The molecule has 0 radical (unpaired) electrons. The summed E-state index contributed by atoms with van der Waals surface area (Å²) in [4.78, 5) is 5.40. The van der Waals surface area contributed by atoms with E-state index in [0.717, 1.165) is 16.0 Å². The van der Waals surface area contributed by atoms with E-state index in [1.807, 2.05) is 29.8 Å². The van der Waals surface area contributed by atoms with Crippen molar-refractivity contribution in [3.8, 4) is 11.4 Å². The van der Waals surface area contributed by atoms with Crippen molar-refractivity contribution in [1.29, 1.82) is 0 Å². The van der Waals surface area contributed by atoms with E-state index < -0.39 is 0 Å². The van der Waals surface area contributed by atoms with Crippen molar-refractivity contribution >= 4 is 22.7 Å². The SMILES string of the molecule is Cc1cscc1-c1noc(C(N)c2cccs2)n1. The van der Waals surface area contributed by atoms with E-state index in [4.69, 9.17) is 10.3 Å². The van der Waals surface area contributed by atoms with Crippen LogP contribution in [0.2, 0.25) is 0 Å².